The Morgan fingerprint density at radius 1 is 0.867 bits per heavy atom. The second-order valence-corrected chi connectivity index (χ2v) is 6.94. The van der Waals surface area contributed by atoms with Crippen molar-refractivity contribution in [2.24, 2.45) is 0 Å². The predicted octanol–water partition coefficient (Wildman–Crippen LogP) is 4.59. The van der Waals surface area contributed by atoms with E-state index in [-0.39, 0.29) is 23.2 Å². The van der Waals surface area contributed by atoms with Gasteiger partial charge in [0.15, 0.2) is 0 Å². The third-order valence-corrected chi connectivity index (χ3v) is 5.05. The molecular formula is C24H17F2NO3. The van der Waals surface area contributed by atoms with Crippen LogP contribution in [0.4, 0.5) is 8.78 Å². The van der Waals surface area contributed by atoms with Crippen LogP contribution in [0.2, 0.25) is 0 Å². The van der Waals surface area contributed by atoms with Crippen molar-refractivity contribution in [3.63, 3.8) is 0 Å². The van der Waals surface area contributed by atoms with E-state index in [0.29, 0.717) is 0 Å². The summed E-state index contributed by atoms with van der Waals surface area (Å²) in [6, 6.07) is 18.5. The third-order valence-electron chi connectivity index (χ3n) is 5.05. The Labute approximate surface area is 171 Å². The fourth-order valence-electron chi connectivity index (χ4n) is 3.61. The summed E-state index contributed by atoms with van der Waals surface area (Å²) in [5.41, 5.74) is 0.780. The number of aliphatic hydroxyl groups excluding tert-OH is 1. The van der Waals surface area contributed by atoms with Gasteiger partial charge in [0.1, 0.15) is 17.4 Å². The SMILES string of the molecule is O=C1C(=O)N(Cc2ccccc2)C(c2ccccc2F)C1=C(O)c1ccc(F)cc1. The number of hydrogen-bond acceptors (Lipinski definition) is 3. The number of ketones is 1. The van der Waals surface area contributed by atoms with Gasteiger partial charge in [-0.25, -0.2) is 8.78 Å². The second kappa shape index (κ2) is 7.91. The zero-order chi connectivity index (χ0) is 21.3. The minimum absolute atomic E-state index is 0.0601. The van der Waals surface area contributed by atoms with Gasteiger partial charge in [-0.1, -0.05) is 48.5 Å². The van der Waals surface area contributed by atoms with E-state index in [1.807, 2.05) is 6.07 Å². The molecule has 1 aliphatic rings. The normalized spacial score (nSPS) is 18.1. The Morgan fingerprint density at radius 2 is 1.50 bits per heavy atom. The first-order valence-corrected chi connectivity index (χ1v) is 9.30. The van der Waals surface area contributed by atoms with Crippen molar-refractivity contribution in [1.29, 1.82) is 0 Å². The van der Waals surface area contributed by atoms with Crippen LogP contribution in [0.3, 0.4) is 0 Å². The summed E-state index contributed by atoms with van der Waals surface area (Å²) >= 11 is 0. The molecule has 6 heteroatoms. The van der Waals surface area contributed by atoms with Crippen molar-refractivity contribution < 1.29 is 23.5 Å². The smallest absolute Gasteiger partial charge is 0.295 e. The lowest BCUT2D eigenvalue weighted by molar-refractivity contribution is -0.140. The number of rotatable bonds is 4. The molecule has 1 amide bonds. The lowest BCUT2D eigenvalue weighted by Gasteiger charge is -2.25. The van der Waals surface area contributed by atoms with Gasteiger partial charge in [0, 0.05) is 17.7 Å². The highest BCUT2D eigenvalue weighted by Crippen LogP contribution is 2.41. The first kappa shape index (κ1) is 19.5. The number of hydrogen-bond donors (Lipinski definition) is 1. The average molecular weight is 405 g/mol. The van der Waals surface area contributed by atoms with Crippen molar-refractivity contribution in [3.05, 3.63) is 113 Å². The van der Waals surface area contributed by atoms with Gasteiger partial charge in [-0.15, -0.1) is 0 Å². The fourth-order valence-corrected chi connectivity index (χ4v) is 3.61. The minimum atomic E-state index is -1.11. The molecule has 1 atom stereocenters. The molecule has 1 saturated heterocycles. The van der Waals surface area contributed by atoms with Crippen LogP contribution in [0.25, 0.3) is 5.76 Å². The van der Waals surface area contributed by atoms with Gasteiger partial charge in [-0.2, -0.15) is 0 Å². The lowest BCUT2D eigenvalue weighted by atomic mass is 9.94. The third kappa shape index (κ3) is 3.48. The van der Waals surface area contributed by atoms with Crippen LogP contribution >= 0.6 is 0 Å². The summed E-state index contributed by atoms with van der Waals surface area (Å²) in [6.07, 6.45) is 0. The van der Waals surface area contributed by atoms with Crippen LogP contribution in [0.1, 0.15) is 22.7 Å². The molecule has 3 aromatic carbocycles. The maximum absolute atomic E-state index is 14.7. The number of Topliss-reactive ketones (excluding diaryl/α,β-unsaturated/α-hetero) is 1. The fraction of sp³-hybridized carbons (Fsp3) is 0.0833. The monoisotopic (exact) mass is 405 g/mol. The standard InChI is InChI=1S/C24H17F2NO3/c25-17-12-10-16(11-13-17)22(28)20-21(18-8-4-5-9-19(18)26)27(24(30)23(20)29)14-15-6-2-1-3-7-15/h1-13,21,28H,14H2. The zero-order valence-electron chi connectivity index (χ0n) is 15.8. The summed E-state index contributed by atoms with van der Waals surface area (Å²) in [5, 5.41) is 10.8. The Balaban J connectivity index is 1.88. The highest BCUT2D eigenvalue weighted by molar-refractivity contribution is 6.46. The molecule has 1 heterocycles. The average Bonchev–Trinajstić information content (AvgIpc) is 3.00. The Bertz CT molecular complexity index is 1140. The summed E-state index contributed by atoms with van der Waals surface area (Å²) in [6.45, 7) is 0.0601. The maximum atomic E-state index is 14.7. The number of carbonyl (C=O) groups excluding carboxylic acids is 2. The van der Waals surface area contributed by atoms with Gasteiger partial charge in [-0.05, 0) is 35.9 Å². The van der Waals surface area contributed by atoms with E-state index < -0.39 is 35.1 Å². The molecule has 0 saturated carbocycles. The van der Waals surface area contributed by atoms with Gasteiger partial charge in [0.05, 0.1) is 11.6 Å². The van der Waals surface area contributed by atoms with E-state index >= 15 is 0 Å². The highest BCUT2D eigenvalue weighted by Gasteiger charge is 2.46. The van der Waals surface area contributed by atoms with Crippen LogP contribution in [-0.4, -0.2) is 21.7 Å². The van der Waals surface area contributed by atoms with Gasteiger partial charge < -0.3 is 10.0 Å². The first-order valence-electron chi connectivity index (χ1n) is 9.30. The first-order chi connectivity index (χ1) is 14.5. The molecule has 150 valence electrons. The van der Waals surface area contributed by atoms with Crippen LogP contribution in [0.5, 0.6) is 0 Å². The van der Waals surface area contributed by atoms with E-state index in [1.54, 1.807) is 30.3 Å². The molecule has 0 aromatic heterocycles. The summed E-state index contributed by atoms with van der Waals surface area (Å²) in [7, 11) is 0. The van der Waals surface area contributed by atoms with Gasteiger partial charge in [0.25, 0.3) is 11.7 Å². The molecule has 0 aliphatic carbocycles. The summed E-state index contributed by atoms with van der Waals surface area (Å²) < 4.78 is 28.0. The Kier molecular flexibility index (Phi) is 5.14. The van der Waals surface area contributed by atoms with Gasteiger partial charge in [0.2, 0.25) is 0 Å². The molecule has 1 fully saturated rings. The molecule has 1 N–H and O–H groups in total. The molecular weight excluding hydrogens is 388 g/mol. The van der Waals surface area contributed by atoms with Crippen LogP contribution in [0, 0.1) is 11.6 Å². The van der Waals surface area contributed by atoms with Gasteiger partial charge in [-0.3, -0.25) is 9.59 Å². The zero-order valence-corrected chi connectivity index (χ0v) is 15.8. The maximum Gasteiger partial charge on any atom is 0.295 e. The predicted molar refractivity (Wildman–Crippen MR) is 107 cm³/mol. The van der Waals surface area contributed by atoms with Crippen molar-refractivity contribution in [1.82, 2.24) is 4.90 Å². The molecule has 4 rings (SSSR count). The number of likely N-dealkylation sites (tertiary alicyclic amines) is 1. The highest BCUT2D eigenvalue weighted by atomic mass is 19.1. The minimum Gasteiger partial charge on any atom is -0.507 e. The van der Waals surface area contributed by atoms with E-state index in [4.69, 9.17) is 0 Å². The number of carbonyl (C=O) groups is 2. The molecule has 0 radical (unpaired) electrons. The summed E-state index contributed by atoms with van der Waals surface area (Å²) in [5.74, 6) is -3.34. The lowest BCUT2D eigenvalue weighted by Crippen LogP contribution is -2.29. The number of aliphatic hydroxyl groups is 1. The number of halogens is 2. The van der Waals surface area contributed by atoms with Crippen molar-refractivity contribution in [2.75, 3.05) is 0 Å². The quantitative estimate of drug-likeness (QED) is 0.393. The molecule has 1 unspecified atom stereocenters. The molecule has 0 spiro atoms. The van der Waals surface area contributed by atoms with Crippen molar-refractivity contribution in [2.45, 2.75) is 12.6 Å². The topological polar surface area (TPSA) is 57.6 Å². The van der Waals surface area contributed by atoms with Crippen molar-refractivity contribution >= 4 is 17.4 Å². The molecule has 0 bridgehead atoms. The van der Waals surface area contributed by atoms with Crippen LogP contribution < -0.4 is 0 Å². The number of nitrogens with zero attached hydrogens (tertiary/aromatic N) is 1. The van der Waals surface area contributed by atoms with Crippen LogP contribution in [-0.2, 0) is 16.1 Å². The Hall–Kier alpha value is -3.80. The number of amides is 1. The van der Waals surface area contributed by atoms with E-state index in [2.05, 4.69) is 0 Å². The molecule has 1 aliphatic heterocycles. The largest absolute Gasteiger partial charge is 0.507 e. The summed E-state index contributed by atoms with van der Waals surface area (Å²) in [4.78, 5) is 27.0. The van der Waals surface area contributed by atoms with Crippen molar-refractivity contribution in [3.8, 4) is 0 Å². The van der Waals surface area contributed by atoms with E-state index in [1.165, 1.54) is 35.2 Å². The van der Waals surface area contributed by atoms with Gasteiger partial charge >= 0.3 is 0 Å². The number of benzene rings is 3. The molecule has 4 nitrogen and oxygen atoms in total. The van der Waals surface area contributed by atoms with E-state index in [9.17, 15) is 23.5 Å². The molecule has 3 aromatic rings. The molecule has 30 heavy (non-hydrogen) atoms. The second-order valence-electron chi connectivity index (χ2n) is 6.94. The Morgan fingerprint density at radius 3 is 2.17 bits per heavy atom. The van der Waals surface area contributed by atoms with Crippen LogP contribution in [0.15, 0.2) is 84.4 Å². The van der Waals surface area contributed by atoms with E-state index in [0.717, 1.165) is 17.7 Å².